The molecule has 7 nitrogen and oxygen atoms in total. The van der Waals surface area contributed by atoms with Crippen molar-refractivity contribution in [3.05, 3.63) is 0 Å². The number of nitrogens with two attached hydrogens (primary N) is 1. The third-order valence-corrected chi connectivity index (χ3v) is 0.661. The van der Waals surface area contributed by atoms with E-state index in [1.165, 1.54) is 6.41 Å². The van der Waals surface area contributed by atoms with Gasteiger partial charge in [-0.2, -0.15) is 0 Å². The van der Waals surface area contributed by atoms with Gasteiger partial charge in [-0.3, -0.25) is 4.79 Å². The van der Waals surface area contributed by atoms with Gasteiger partial charge < -0.3 is 0 Å². The number of amides is 1. The highest BCUT2D eigenvalue weighted by Crippen LogP contribution is 1.90. The number of tetrazole rings is 1. The molecule has 0 aliphatic carbocycles. The first-order valence-electron chi connectivity index (χ1n) is 2.01. The van der Waals surface area contributed by atoms with Crippen LogP contribution in [0.15, 0.2) is 0 Å². The van der Waals surface area contributed by atoms with Crippen LogP contribution in [0.5, 0.6) is 0 Å². The second kappa shape index (κ2) is 2.18. The van der Waals surface area contributed by atoms with Crippen LogP contribution in [-0.2, 0) is 4.79 Å². The lowest BCUT2D eigenvalue weighted by atomic mass is 11.0. The normalized spacial score (nSPS) is 9.00. The van der Waals surface area contributed by atoms with Gasteiger partial charge in [0.25, 0.3) is 5.95 Å². The van der Waals surface area contributed by atoms with E-state index in [0.717, 1.165) is 0 Å². The highest BCUT2D eigenvalue weighted by Gasteiger charge is 2.01. The minimum absolute atomic E-state index is 0.0602. The molecule has 47 valence electrons. The predicted molar refractivity (Wildman–Crippen MR) is 26.5 cm³/mol. The molecule has 0 aromatic carbocycles. The second-order valence-electron chi connectivity index (χ2n) is 1.19. The van der Waals surface area contributed by atoms with E-state index in [4.69, 9.17) is 5.84 Å². The summed E-state index contributed by atoms with van der Waals surface area (Å²) in [6.45, 7) is 0. The maximum atomic E-state index is 9.76. The van der Waals surface area contributed by atoms with Gasteiger partial charge in [-0.05, 0) is 10.4 Å². The van der Waals surface area contributed by atoms with Crippen molar-refractivity contribution in [2.45, 2.75) is 0 Å². The summed E-state index contributed by atoms with van der Waals surface area (Å²) in [5.41, 5.74) is 0. The number of nitrogens with one attached hydrogen (secondary N) is 1. The molecule has 0 saturated carbocycles. The van der Waals surface area contributed by atoms with Gasteiger partial charge in [-0.1, -0.05) is 5.10 Å². The first-order valence-corrected chi connectivity index (χ1v) is 2.01. The van der Waals surface area contributed by atoms with Crippen molar-refractivity contribution in [2.24, 2.45) is 5.84 Å². The van der Waals surface area contributed by atoms with Crippen LogP contribution in [0.4, 0.5) is 5.95 Å². The van der Waals surface area contributed by atoms with Gasteiger partial charge in [0.15, 0.2) is 0 Å². The molecule has 0 bridgehead atoms. The van der Waals surface area contributed by atoms with Crippen molar-refractivity contribution in [2.75, 3.05) is 5.01 Å². The SMILES string of the molecule is NN([C]=O)c1nnn[nH]1. The number of hydrogen-bond donors (Lipinski definition) is 2. The van der Waals surface area contributed by atoms with Crippen LogP contribution >= 0.6 is 0 Å². The Hall–Kier alpha value is -1.50. The van der Waals surface area contributed by atoms with Gasteiger partial charge in [0.1, 0.15) is 0 Å². The Morgan fingerprint density at radius 2 is 2.56 bits per heavy atom. The molecule has 0 spiro atoms. The van der Waals surface area contributed by atoms with Crippen molar-refractivity contribution in [1.29, 1.82) is 0 Å². The van der Waals surface area contributed by atoms with Crippen LogP contribution in [-0.4, -0.2) is 27.0 Å². The summed E-state index contributed by atoms with van der Waals surface area (Å²) in [6.07, 6.45) is 1.35. The van der Waals surface area contributed by atoms with E-state index in [1.54, 1.807) is 0 Å². The van der Waals surface area contributed by atoms with Crippen LogP contribution in [0, 0.1) is 0 Å². The molecule has 1 amide bonds. The molecular weight excluding hydrogens is 124 g/mol. The van der Waals surface area contributed by atoms with Crippen LogP contribution < -0.4 is 10.9 Å². The Morgan fingerprint density at radius 3 is 3.00 bits per heavy atom. The average molecular weight is 127 g/mol. The minimum atomic E-state index is 0.0602. The molecule has 1 aromatic rings. The zero-order chi connectivity index (χ0) is 6.69. The molecule has 0 atom stereocenters. The van der Waals surface area contributed by atoms with Crippen LogP contribution in [0.2, 0.25) is 0 Å². The number of aromatic amines is 1. The van der Waals surface area contributed by atoms with Gasteiger partial charge in [0, 0.05) is 0 Å². The molecule has 0 aliphatic rings. The average Bonchev–Trinajstić information content (AvgIpc) is 2.37. The molecule has 1 rings (SSSR count). The number of rotatable bonds is 2. The monoisotopic (exact) mass is 127 g/mol. The molecule has 1 aromatic heterocycles. The zero-order valence-electron chi connectivity index (χ0n) is 4.27. The van der Waals surface area contributed by atoms with Gasteiger partial charge >= 0.3 is 6.41 Å². The van der Waals surface area contributed by atoms with Crippen LogP contribution in [0.3, 0.4) is 0 Å². The molecule has 0 fully saturated rings. The van der Waals surface area contributed by atoms with Crippen molar-refractivity contribution < 1.29 is 4.79 Å². The molecule has 7 heteroatoms. The fourth-order valence-electron chi connectivity index (χ4n) is 0.299. The summed E-state index contributed by atoms with van der Waals surface area (Å²) in [7, 11) is 0. The van der Waals surface area contributed by atoms with E-state index in [-0.39, 0.29) is 5.95 Å². The van der Waals surface area contributed by atoms with Gasteiger partial charge in [0.2, 0.25) is 0 Å². The molecule has 0 saturated heterocycles. The number of hydrazine groups is 1. The predicted octanol–water partition coefficient (Wildman–Crippen LogP) is -2.05. The number of nitrogens with zero attached hydrogens (tertiary/aromatic N) is 4. The molecule has 9 heavy (non-hydrogen) atoms. The van der Waals surface area contributed by atoms with E-state index in [2.05, 4.69) is 20.6 Å². The Labute approximate surface area is 49.8 Å². The van der Waals surface area contributed by atoms with E-state index < -0.39 is 0 Å². The van der Waals surface area contributed by atoms with Crippen molar-refractivity contribution in [3.8, 4) is 0 Å². The van der Waals surface area contributed by atoms with E-state index in [0.29, 0.717) is 5.01 Å². The summed E-state index contributed by atoms with van der Waals surface area (Å²) >= 11 is 0. The first kappa shape index (κ1) is 5.63. The standard InChI is InChI=1S/C2H3N6O/c3-8(1-9)2-4-6-7-5-2/h3H2,(H,4,5,6,7). The van der Waals surface area contributed by atoms with Gasteiger partial charge in [0.05, 0.1) is 0 Å². The Kier molecular flexibility index (Phi) is 1.36. The fourth-order valence-corrected chi connectivity index (χ4v) is 0.299. The van der Waals surface area contributed by atoms with Gasteiger partial charge in [-0.25, -0.2) is 16.0 Å². The second-order valence-corrected chi connectivity index (χ2v) is 1.19. The largest absolute Gasteiger partial charge is 0.335 e. The summed E-state index contributed by atoms with van der Waals surface area (Å²) < 4.78 is 0. The lowest BCUT2D eigenvalue weighted by molar-refractivity contribution is 0.551. The van der Waals surface area contributed by atoms with E-state index >= 15 is 0 Å². The molecule has 0 unspecified atom stereocenters. The summed E-state index contributed by atoms with van der Waals surface area (Å²) in [5.74, 6) is 5.03. The van der Waals surface area contributed by atoms with E-state index in [1.807, 2.05) is 0 Å². The third kappa shape index (κ3) is 0.995. The summed E-state index contributed by atoms with van der Waals surface area (Å²) in [4.78, 5) is 9.76. The summed E-state index contributed by atoms with van der Waals surface area (Å²) in [6, 6.07) is 0. The molecule has 3 N–H and O–H groups in total. The topological polar surface area (TPSA) is 101 Å². The lowest BCUT2D eigenvalue weighted by Crippen LogP contribution is -2.29. The number of carbonyl (C=O) groups excluding carboxylic acids is 1. The van der Waals surface area contributed by atoms with E-state index in [9.17, 15) is 4.79 Å². The zero-order valence-corrected chi connectivity index (χ0v) is 4.27. The highest BCUT2D eigenvalue weighted by molar-refractivity contribution is 5.68. The maximum absolute atomic E-state index is 9.76. The van der Waals surface area contributed by atoms with Crippen LogP contribution in [0.1, 0.15) is 0 Å². The van der Waals surface area contributed by atoms with Crippen molar-refractivity contribution >= 4 is 12.4 Å². The van der Waals surface area contributed by atoms with Gasteiger partial charge in [-0.15, -0.1) is 0 Å². The third-order valence-electron chi connectivity index (χ3n) is 0.661. The first-order chi connectivity index (χ1) is 4.34. The molecular formula is C2H3N6O. The smallest absolute Gasteiger partial charge is 0.261 e. The Morgan fingerprint density at radius 1 is 1.78 bits per heavy atom. The quantitative estimate of drug-likeness (QED) is 0.206. The Bertz CT molecular complexity index is 181. The number of hydrogen-bond acceptors (Lipinski definition) is 5. The summed E-state index contributed by atoms with van der Waals surface area (Å²) in [5, 5.41) is 12.5. The molecule has 1 radical (unpaired) electrons. The number of aromatic nitrogens is 4. The molecule has 0 aliphatic heterocycles. The van der Waals surface area contributed by atoms with Crippen LogP contribution in [0.25, 0.3) is 0 Å². The van der Waals surface area contributed by atoms with Crippen molar-refractivity contribution in [1.82, 2.24) is 20.6 Å². The number of anilines is 1. The highest BCUT2D eigenvalue weighted by atomic mass is 16.1. The minimum Gasteiger partial charge on any atom is -0.261 e. The maximum Gasteiger partial charge on any atom is 0.335 e. The molecule has 1 heterocycles. The fraction of sp³-hybridized carbons (Fsp3) is 0. The number of H-pyrrole nitrogens is 1. The van der Waals surface area contributed by atoms with Crippen molar-refractivity contribution in [3.63, 3.8) is 0 Å². The lowest BCUT2D eigenvalue weighted by Gasteiger charge is -1.98. The Balaban J connectivity index is 2.76.